The quantitative estimate of drug-likeness (QED) is 0.0945. The average molecular weight is 1120 g/mol. The smallest absolute Gasteiger partial charge is 0.268 e. The van der Waals surface area contributed by atoms with Gasteiger partial charge in [-0.25, -0.2) is 4.98 Å². The van der Waals surface area contributed by atoms with Crippen molar-refractivity contribution in [2.75, 3.05) is 9.80 Å². The Hall–Kier alpha value is -8.23. The summed E-state index contributed by atoms with van der Waals surface area (Å²) in [5, 5.41) is 4.86. The van der Waals surface area contributed by atoms with Gasteiger partial charge in [0.05, 0.1) is 27.9 Å². The monoisotopic (exact) mass is 1120 g/mol. The Morgan fingerprint density at radius 2 is 1.24 bits per heavy atom. The Balaban J connectivity index is 0.00000482. The van der Waals surface area contributed by atoms with Crippen LogP contribution >= 0.6 is 0 Å². The van der Waals surface area contributed by atoms with E-state index in [0.717, 1.165) is 78.6 Å². The Bertz CT molecular complexity index is 4150. The van der Waals surface area contributed by atoms with Crippen molar-refractivity contribution in [3.8, 4) is 28.6 Å². The van der Waals surface area contributed by atoms with Crippen molar-refractivity contribution in [3.05, 3.63) is 231 Å². The van der Waals surface area contributed by atoms with Gasteiger partial charge >= 0.3 is 0 Å². The zero-order valence-corrected chi connectivity index (χ0v) is 42.5. The third kappa shape index (κ3) is 6.08. The molecular weight excluding hydrogens is 1080 g/mol. The second kappa shape index (κ2) is 16.2. The number of nitrogens with zero attached hydrogens (tertiary/aromatic N) is 6. The maximum absolute atomic E-state index is 6.86. The average Bonchev–Trinajstić information content (AvgIpc) is 3.98. The number of aromatic nitrogens is 4. The van der Waals surface area contributed by atoms with Gasteiger partial charge in [0.25, 0.3) is 13.0 Å². The molecule has 0 aliphatic carbocycles. The molecule has 0 saturated heterocycles. The molecule has 0 bridgehead atoms. The first-order valence-electron chi connectivity index (χ1n) is 24.2. The number of anilines is 6. The molecule has 0 fully saturated rings. The number of pyridine rings is 1. The topological polar surface area (TPSA) is 42.3 Å². The van der Waals surface area contributed by atoms with Gasteiger partial charge in [0, 0.05) is 86.0 Å². The molecule has 3 aliphatic heterocycles. The van der Waals surface area contributed by atoms with Crippen molar-refractivity contribution in [2.45, 2.75) is 13.1 Å². The molecule has 10 heteroatoms. The van der Waals surface area contributed by atoms with Gasteiger partial charge in [-0.2, -0.15) is 12.1 Å². The Morgan fingerprint density at radius 1 is 0.583 bits per heavy atom. The van der Waals surface area contributed by atoms with Crippen molar-refractivity contribution >= 4 is 109 Å². The van der Waals surface area contributed by atoms with Gasteiger partial charge < -0.3 is 23.7 Å². The maximum Gasteiger partial charge on any atom is 0.268 e. The summed E-state index contributed by atoms with van der Waals surface area (Å²) in [7, 11) is -2.14. The Morgan fingerprint density at radius 3 is 1.99 bits per heavy atom. The van der Waals surface area contributed by atoms with Crippen molar-refractivity contribution < 1.29 is 30.4 Å². The second-order valence-electron chi connectivity index (χ2n) is 19.1. The Labute approximate surface area is 432 Å². The molecule has 0 spiro atoms. The fraction of sp³-hybridized carbons (Fsp3) is 0.0323. The van der Waals surface area contributed by atoms with Crippen molar-refractivity contribution in [1.29, 1.82) is 0 Å². The summed E-state index contributed by atoms with van der Waals surface area (Å²) in [4.78, 5) is 10.1. The second-order valence-corrected chi connectivity index (χ2v) is 23.5. The molecule has 0 radical (unpaired) electrons. The van der Waals surface area contributed by atoms with Crippen LogP contribution in [0.1, 0.15) is 0 Å². The summed E-state index contributed by atoms with van der Waals surface area (Å²) >= 11 is 0. The van der Waals surface area contributed by atoms with Crippen LogP contribution in [0.15, 0.2) is 212 Å². The van der Waals surface area contributed by atoms with Crippen LogP contribution in [0.5, 0.6) is 11.5 Å². The van der Waals surface area contributed by atoms with E-state index < -0.39 is 8.07 Å². The van der Waals surface area contributed by atoms with Gasteiger partial charge in [-0.15, -0.1) is 35.5 Å². The minimum Gasteiger partial charge on any atom is -0.510 e. The van der Waals surface area contributed by atoms with Crippen LogP contribution in [0.2, 0.25) is 13.1 Å². The molecule has 15 rings (SSSR count). The van der Waals surface area contributed by atoms with Crippen LogP contribution in [0, 0.1) is 18.5 Å². The van der Waals surface area contributed by atoms with Crippen molar-refractivity contribution in [2.24, 2.45) is 0 Å². The number of fused-ring (bicyclic) bond motifs is 10. The van der Waals surface area contributed by atoms with Crippen molar-refractivity contribution in [3.63, 3.8) is 0 Å². The van der Waals surface area contributed by atoms with E-state index >= 15 is 0 Å². The molecule has 3 aromatic heterocycles. The van der Waals surface area contributed by atoms with Crippen LogP contribution in [0.4, 0.5) is 34.1 Å². The van der Waals surface area contributed by atoms with E-state index in [9.17, 15) is 0 Å². The van der Waals surface area contributed by atoms with Crippen molar-refractivity contribution in [1.82, 2.24) is 14.1 Å². The first-order valence-corrected chi connectivity index (χ1v) is 27.2. The molecule has 344 valence electrons. The summed E-state index contributed by atoms with van der Waals surface area (Å²) in [5.74, 6) is 1.19. The number of benzene rings is 9. The molecule has 72 heavy (non-hydrogen) atoms. The first-order chi connectivity index (χ1) is 35.0. The van der Waals surface area contributed by atoms with Crippen LogP contribution in [0.3, 0.4) is 0 Å². The molecule has 12 aromatic rings. The standard InChI is InChI=1S/C62H41BN6OSi.Pt/c1-71(2)56-35-34-46(38-53(56)66-40-65(41-19-6-3-7-20-41)52-32-17-33-57(71)60(52)66)70-45-26-16-25-44(37-45)69-54-39-55-59-61(58(54)47-27-18-36-64-62(47)69)68(43-23-10-5-11-24-43)51-31-15-13-29-49(51)63(59)48-28-12-14-30-50(48)67(55)42-21-8-4-9-22-42;/h3-36,39H,1-2H3;/q-2;. The summed E-state index contributed by atoms with van der Waals surface area (Å²) in [6.45, 7) is 4.83. The zero-order chi connectivity index (χ0) is 47.0. The van der Waals surface area contributed by atoms with Gasteiger partial charge in [-0.05, 0) is 88.8 Å². The largest absolute Gasteiger partial charge is 0.510 e. The number of ether oxygens (including phenoxy) is 1. The molecule has 0 atom stereocenters. The molecular formula is C62H41BN6OPtSi-2. The number of hydrogen-bond acceptors (Lipinski definition) is 4. The number of para-hydroxylation sites is 6. The minimum atomic E-state index is -2.14. The minimum absolute atomic E-state index is 0. The SMILES string of the molecule is C[Si]1(C)c2ccc(Oc3[c-]c(-n4c5cc6c7c(c5c5cccnc54)N(c4ccccc4)c4ccccc4B7c4ccccc4N6c4ccccc4)ccc3)[c-]c2-n2[c-][n+](-c3ccccc3)c3cccc1c32.[Pt]. The van der Waals surface area contributed by atoms with Gasteiger partial charge in [0.1, 0.15) is 5.65 Å². The molecule has 6 heterocycles. The Kier molecular flexibility index (Phi) is 9.56. The number of imidazole rings is 1. The third-order valence-corrected chi connectivity index (χ3v) is 18.4. The molecule has 0 saturated carbocycles. The van der Waals surface area contributed by atoms with E-state index in [1.54, 1.807) is 0 Å². The summed E-state index contributed by atoms with van der Waals surface area (Å²) in [5.41, 5.74) is 17.6. The summed E-state index contributed by atoms with van der Waals surface area (Å²) < 4.78 is 13.5. The molecule has 0 unspecified atom stereocenters. The predicted octanol–water partition coefficient (Wildman–Crippen LogP) is 10.8. The van der Waals surface area contributed by atoms with Crippen LogP contribution in [-0.2, 0) is 21.1 Å². The van der Waals surface area contributed by atoms with E-state index in [1.165, 1.54) is 32.3 Å². The summed E-state index contributed by atoms with van der Waals surface area (Å²) in [6, 6.07) is 81.1. The number of rotatable bonds is 6. The summed E-state index contributed by atoms with van der Waals surface area (Å²) in [6.07, 6.45) is 5.61. The van der Waals surface area contributed by atoms with Gasteiger partial charge in [-0.1, -0.05) is 133 Å². The molecule has 7 nitrogen and oxygen atoms in total. The van der Waals surface area contributed by atoms with Gasteiger partial charge in [0.15, 0.2) is 0 Å². The van der Waals surface area contributed by atoms with E-state index in [2.05, 4.69) is 255 Å². The van der Waals surface area contributed by atoms with E-state index in [0.29, 0.717) is 11.5 Å². The third-order valence-electron chi connectivity index (χ3n) is 14.9. The normalized spacial score (nSPS) is 13.6. The van der Waals surface area contributed by atoms with E-state index in [1.807, 2.05) is 12.3 Å². The molecule has 3 aliphatic rings. The predicted molar refractivity (Wildman–Crippen MR) is 291 cm³/mol. The fourth-order valence-electron chi connectivity index (χ4n) is 11.9. The molecule has 9 aromatic carbocycles. The van der Waals surface area contributed by atoms with E-state index in [4.69, 9.17) is 9.72 Å². The van der Waals surface area contributed by atoms with E-state index in [-0.39, 0.29) is 27.8 Å². The number of hydrogen-bond donors (Lipinski definition) is 0. The first kappa shape index (κ1) is 42.6. The maximum atomic E-state index is 6.86. The van der Waals surface area contributed by atoms with Crippen LogP contribution in [0.25, 0.3) is 50.0 Å². The van der Waals surface area contributed by atoms with Crippen LogP contribution < -0.4 is 45.9 Å². The zero-order valence-electron chi connectivity index (χ0n) is 39.2. The van der Waals surface area contributed by atoms with Gasteiger partial charge in [-0.3, -0.25) is 4.57 Å². The molecule has 0 N–H and O–H groups in total. The van der Waals surface area contributed by atoms with Gasteiger partial charge in [0.2, 0.25) is 0 Å². The molecule has 0 amide bonds. The fourth-order valence-corrected chi connectivity index (χ4v) is 14.8. The van der Waals surface area contributed by atoms with Crippen LogP contribution in [-0.4, -0.2) is 28.9 Å².